The Bertz CT molecular complexity index is 851. The van der Waals surface area contributed by atoms with Crippen LogP contribution < -0.4 is 4.72 Å². The molecule has 3 N–H and O–H groups in total. The Morgan fingerprint density at radius 3 is 2.73 bits per heavy atom. The van der Waals surface area contributed by atoms with Gasteiger partial charge in [-0.05, 0) is 36.8 Å². The Balaban J connectivity index is 1.64. The highest BCUT2D eigenvalue weighted by Gasteiger charge is 2.62. The summed E-state index contributed by atoms with van der Waals surface area (Å²) >= 11 is 6.14. The second-order valence-corrected chi connectivity index (χ2v) is 8.69. The molecule has 2 fully saturated rings. The van der Waals surface area contributed by atoms with Crippen LogP contribution in [-0.4, -0.2) is 36.0 Å². The van der Waals surface area contributed by atoms with Crippen molar-refractivity contribution >= 4 is 32.5 Å². The van der Waals surface area contributed by atoms with Gasteiger partial charge < -0.3 is 5.11 Å². The van der Waals surface area contributed by atoms with Gasteiger partial charge in [-0.2, -0.15) is 5.10 Å². The highest BCUT2D eigenvalue weighted by Crippen LogP contribution is 2.60. The van der Waals surface area contributed by atoms with Crippen LogP contribution in [0.15, 0.2) is 18.3 Å². The van der Waals surface area contributed by atoms with Gasteiger partial charge in [0.2, 0.25) is 10.0 Å². The van der Waals surface area contributed by atoms with Gasteiger partial charge in [0, 0.05) is 22.0 Å². The van der Waals surface area contributed by atoms with E-state index in [0.717, 1.165) is 16.5 Å². The first-order chi connectivity index (χ1) is 10.3. The predicted molar refractivity (Wildman–Crippen MR) is 83.0 cm³/mol. The number of benzene rings is 1. The van der Waals surface area contributed by atoms with Gasteiger partial charge in [-0.1, -0.05) is 11.6 Å². The summed E-state index contributed by atoms with van der Waals surface area (Å²) in [7, 11) is -3.21. The van der Waals surface area contributed by atoms with Crippen LogP contribution >= 0.6 is 11.6 Å². The largest absolute Gasteiger partial charge is 0.385 e. The third kappa shape index (κ3) is 2.23. The minimum absolute atomic E-state index is 0.0493. The van der Waals surface area contributed by atoms with Crippen molar-refractivity contribution in [2.75, 3.05) is 6.26 Å². The lowest BCUT2D eigenvalue weighted by Crippen LogP contribution is -2.33. The Morgan fingerprint density at radius 1 is 1.41 bits per heavy atom. The smallest absolute Gasteiger partial charge is 0.208 e. The molecule has 6 nitrogen and oxygen atoms in total. The number of fused-ring (bicyclic) bond motifs is 2. The molecule has 1 heterocycles. The molecule has 1 aromatic heterocycles. The average Bonchev–Trinajstić information content (AvgIpc) is 2.83. The summed E-state index contributed by atoms with van der Waals surface area (Å²) in [6.45, 7) is 0. The molecule has 2 aliphatic carbocycles. The standard InChI is InChI=1S/C14H16ClN3O3S/c1-22(20,21)18-13-9-4-14(19,5-10(9)13)11-3-8(15)2-7-6-16-17-12(7)11/h2-3,6,9-10,13,18-19H,4-5H2,1H3,(H,16,17)/t9-,10+,13?,14?. The fourth-order valence-corrected chi connectivity index (χ4v) is 4.97. The molecule has 1 aromatic carbocycles. The second kappa shape index (κ2) is 4.44. The van der Waals surface area contributed by atoms with Crippen molar-refractivity contribution in [2.24, 2.45) is 11.8 Å². The van der Waals surface area contributed by atoms with Gasteiger partial charge in [0.25, 0.3) is 0 Å². The minimum atomic E-state index is -3.21. The third-order valence-corrected chi connectivity index (χ3v) is 5.76. The first kappa shape index (κ1) is 14.4. The molecule has 22 heavy (non-hydrogen) atoms. The first-order valence-electron chi connectivity index (χ1n) is 7.10. The van der Waals surface area contributed by atoms with Crippen LogP contribution in [0, 0.1) is 11.8 Å². The Hall–Kier alpha value is -1.15. The molecule has 0 saturated heterocycles. The van der Waals surface area contributed by atoms with Crippen LogP contribution in [-0.2, 0) is 15.6 Å². The van der Waals surface area contributed by atoms with Crippen LogP contribution in [0.2, 0.25) is 5.02 Å². The molecular weight excluding hydrogens is 326 g/mol. The third-order valence-electron chi connectivity index (χ3n) is 4.84. The van der Waals surface area contributed by atoms with E-state index in [1.807, 2.05) is 0 Å². The molecule has 118 valence electrons. The number of nitrogens with one attached hydrogen (secondary N) is 2. The number of aromatic nitrogens is 2. The zero-order valence-corrected chi connectivity index (χ0v) is 13.4. The molecule has 0 aliphatic heterocycles. The molecule has 2 aromatic rings. The first-order valence-corrected chi connectivity index (χ1v) is 9.37. The molecule has 4 rings (SSSR count). The van der Waals surface area contributed by atoms with Crippen molar-refractivity contribution < 1.29 is 13.5 Å². The molecular formula is C14H16ClN3O3S. The van der Waals surface area contributed by atoms with E-state index in [0.29, 0.717) is 17.9 Å². The maximum atomic E-state index is 11.3. The van der Waals surface area contributed by atoms with Gasteiger partial charge in [0.15, 0.2) is 0 Å². The zero-order chi connectivity index (χ0) is 15.7. The van der Waals surface area contributed by atoms with E-state index >= 15 is 0 Å². The molecule has 0 radical (unpaired) electrons. The lowest BCUT2D eigenvalue weighted by Gasteiger charge is -2.27. The fourth-order valence-electron chi connectivity index (χ4n) is 3.89. The average molecular weight is 342 g/mol. The summed E-state index contributed by atoms with van der Waals surface area (Å²) in [5, 5.41) is 19.4. The second-order valence-electron chi connectivity index (χ2n) is 6.47. The Labute approximate surface area is 132 Å². The Kier molecular flexibility index (Phi) is 2.92. The van der Waals surface area contributed by atoms with Crippen molar-refractivity contribution in [3.05, 3.63) is 28.9 Å². The van der Waals surface area contributed by atoms with Crippen LogP contribution in [0.3, 0.4) is 0 Å². The lowest BCUT2D eigenvalue weighted by molar-refractivity contribution is 0.0302. The molecule has 2 unspecified atom stereocenters. The van der Waals surface area contributed by atoms with Gasteiger partial charge >= 0.3 is 0 Å². The van der Waals surface area contributed by atoms with Gasteiger partial charge in [-0.15, -0.1) is 0 Å². The number of nitrogens with zero attached hydrogens (tertiary/aromatic N) is 1. The van der Waals surface area contributed by atoms with Crippen molar-refractivity contribution in [1.29, 1.82) is 0 Å². The molecule has 0 bridgehead atoms. The van der Waals surface area contributed by atoms with Crippen molar-refractivity contribution in [1.82, 2.24) is 14.9 Å². The SMILES string of the molecule is CS(=O)(=O)NC1[C@H]2CC(O)(c3cc(Cl)cc4cn[nH]c34)C[C@@H]12. The van der Waals surface area contributed by atoms with Crippen LogP contribution in [0.25, 0.3) is 10.9 Å². The van der Waals surface area contributed by atoms with Gasteiger partial charge in [0.05, 0.1) is 23.6 Å². The number of sulfonamides is 1. The molecule has 2 aliphatic rings. The summed E-state index contributed by atoms with van der Waals surface area (Å²) in [6.07, 6.45) is 3.90. The zero-order valence-electron chi connectivity index (χ0n) is 11.9. The van der Waals surface area contributed by atoms with Crippen LogP contribution in [0.1, 0.15) is 18.4 Å². The number of aromatic amines is 1. The minimum Gasteiger partial charge on any atom is -0.385 e. The number of H-pyrrole nitrogens is 1. The topological polar surface area (TPSA) is 95.1 Å². The van der Waals surface area contributed by atoms with Gasteiger partial charge in [-0.3, -0.25) is 5.10 Å². The molecule has 4 atom stereocenters. The number of hydrogen-bond acceptors (Lipinski definition) is 4. The summed E-state index contributed by atoms with van der Waals surface area (Å²) in [4.78, 5) is 0. The van der Waals surface area contributed by atoms with Crippen LogP contribution in [0.5, 0.6) is 0 Å². The van der Waals surface area contributed by atoms with Crippen molar-refractivity contribution in [3.8, 4) is 0 Å². The molecule has 0 amide bonds. The maximum Gasteiger partial charge on any atom is 0.208 e. The molecule has 2 saturated carbocycles. The number of rotatable bonds is 3. The van der Waals surface area contributed by atoms with E-state index in [1.54, 1.807) is 18.3 Å². The quantitative estimate of drug-likeness (QED) is 0.785. The van der Waals surface area contributed by atoms with Crippen LogP contribution in [0.4, 0.5) is 0 Å². The highest BCUT2D eigenvalue weighted by molar-refractivity contribution is 7.88. The summed E-state index contributed by atoms with van der Waals surface area (Å²) < 4.78 is 25.3. The lowest BCUT2D eigenvalue weighted by atomic mass is 9.87. The maximum absolute atomic E-state index is 11.3. The van der Waals surface area contributed by atoms with Crippen molar-refractivity contribution in [2.45, 2.75) is 24.5 Å². The van der Waals surface area contributed by atoms with E-state index in [1.165, 1.54) is 6.26 Å². The normalized spacial score (nSPS) is 34.0. The summed E-state index contributed by atoms with van der Waals surface area (Å²) in [5.41, 5.74) is 0.555. The van der Waals surface area contributed by atoms with E-state index in [2.05, 4.69) is 14.9 Å². The molecule has 8 heteroatoms. The summed E-state index contributed by atoms with van der Waals surface area (Å²) in [5.74, 6) is 0.355. The number of hydrogen-bond donors (Lipinski definition) is 3. The van der Waals surface area contributed by atoms with E-state index in [4.69, 9.17) is 11.6 Å². The monoisotopic (exact) mass is 341 g/mol. The fraction of sp³-hybridized carbons (Fsp3) is 0.500. The number of halogens is 1. The van der Waals surface area contributed by atoms with E-state index < -0.39 is 15.6 Å². The van der Waals surface area contributed by atoms with E-state index in [-0.39, 0.29) is 17.9 Å². The van der Waals surface area contributed by atoms with Gasteiger partial charge in [0.1, 0.15) is 0 Å². The van der Waals surface area contributed by atoms with E-state index in [9.17, 15) is 13.5 Å². The Morgan fingerprint density at radius 2 is 2.09 bits per heavy atom. The predicted octanol–water partition coefficient (Wildman–Crippen LogP) is 1.36. The number of aliphatic hydroxyl groups is 1. The molecule has 0 spiro atoms. The van der Waals surface area contributed by atoms with Crippen molar-refractivity contribution in [3.63, 3.8) is 0 Å². The van der Waals surface area contributed by atoms with Gasteiger partial charge in [-0.25, -0.2) is 13.1 Å². The highest BCUT2D eigenvalue weighted by atomic mass is 35.5. The summed E-state index contributed by atoms with van der Waals surface area (Å²) in [6, 6.07) is 3.52.